The highest BCUT2D eigenvalue weighted by Crippen LogP contribution is 2.31. The predicted octanol–water partition coefficient (Wildman–Crippen LogP) is 3.39. The highest BCUT2D eigenvalue weighted by Gasteiger charge is 2.33. The molecule has 3 rings (SSSR count). The molecule has 1 saturated heterocycles. The van der Waals surface area contributed by atoms with Crippen LogP contribution in [0.25, 0.3) is 11.1 Å². The lowest BCUT2D eigenvalue weighted by molar-refractivity contribution is -0.0440. The van der Waals surface area contributed by atoms with Crippen molar-refractivity contribution in [2.24, 2.45) is 0 Å². The van der Waals surface area contributed by atoms with Crippen molar-refractivity contribution >= 4 is 27.3 Å². The molecule has 1 heterocycles. The zero-order valence-corrected chi connectivity index (χ0v) is 15.7. The first kappa shape index (κ1) is 18.2. The molecule has 2 aromatic rings. The largest absolute Gasteiger partial charge is 0.399 e. The van der Waals surface area contributed by atoms with Crippen LogP contribution in [0, 0.1) is 0 Å². The second-order valence-electron chi connectivity index (χ2n) is 6.35. The third-order valence-electron chi connectivity index (χ3n) is 4.16. The van der Waals surface area contributed by atoms with Gasteiger partial charge >= 0.3 is 0 Å². The number of nitrogen functional groups attached to an aromatic ring is 1. The number of rotatable bonds is 3. The quantitative estimate of drug-likeness (QED) is 0.828. The normalized spacial score (nSPS) is 22.0. The lowest BCUT2D eigenvalue weighted by atomic mass is 10.1. The number of hydrogen-bond donors (Lipinski definition) is 1. The molecule has 2 N–H and O–H groups in total. The van der Waals surface area contributed by atoms with Crippen molar-refractivity contribution in [2.45, 2.75) is 31.0 Å². The molecule has 1 aliphatic rings. The average Bonchev–Trinajstić information content (AvgIpc) is 2.53. The van der Waals surface area contributed by atoms with Crippen LogP contribution in [0.2, 0.25) is 5.02 Å². The maximum absolute atomic E-state index is 13.0. The lowest BCUT2D eigenvalue weighted by Gasteiger charge is -2.34. The van der Waals surface area contributed by atoms with E-state index < -0.39 is 10.0 Å². The Hall–Kier alpha value is -1.60. The molecule has 0 unspecified atom stereocenters. The van der Waals surface area contributed by atoms with E-state index >= 15 is 0 Å². The molecule has 1 aliphatic heterocycles. The molecule has 0 saturated carbocycles. The van der Waals surface area contributed by atoms with E-state index in [0.717, 1.165) is 11.1 Å². The molecule has 0 spiro atoms. The summed E-state index contributed by atoms with van der Waals surface area (Å²) in [4.78, 5) is 0.114. The number of ether oxygens (including phenoxy) is 1. The summed E-state index contributed by atoms with van der Waals surface area (Å²) in [6.07, 6.45) is -0.298. The first-order chi connectivity index (χ1) is 11.8. The summed E-state index contributed by atoms with van der Waals surface area (Å²) >= 11 is 6.33. The molecular weight excluding hydrogens is 360 g/mol. The van der Waals surface area contributed by atoms with Gasteiger partial charge in [0.15, 0.2) is 0 Å². The number of nitrogens with two attached hydrogens (primary N) is 1. The zero-order valence-electron chi connectivity index (χ0n) is 14.1. The van der Waals surface area contributed by atoms with Gasteiger partial charge in [-0.05, 0) is 49.2 Å². The first-order valence-electron chi connectivity index (χ1n) is 8.08. The Morgan fingerprint density at radius 1 is 1.08 bits per heavy atom. The highest BCUT2D eigenvalue weighted by atomic mass is 35.5. The topological polar surface area (TPSA) is 72.6 Å². The van der Waals surface area contributed by atoms with E-state index in [2.05, 4.69) is 0 Å². The Bertz CT molecular complexity index is 876. The SMILES string of the molecule is C[C@@H]1CN(S(=O)(=O)c2ccc(-c3cccc(N)c3)cc2Cl)C[C@H](C)O1. The molecule has 0 bridgehead atoms. The van der Waals surface area contributed by atoms with Crippen molar-refractivity contribution < 1.29 is 13.2 Å². The fourth-order valence-electron chi connectivity index (χ4n) is 3.07. The lowest BCUT2D eigenvalue weighted by Crippen LogP contribution is -2.48. The number of sulfonamides is 1. The number of halogens is 1. The van der Waals surface area contributed by atoms with Crippen LogP contribution < -0.4 is 5.73 Å². The van der Waals surface area contributed by atoms with E-state index in [-0.39, 0.29) is 22.1 Å². The molecule has 0 aromatic heterocycles. The van der Waals surface area contributed by atoms with Crippen molar-refractivity contribution in [3.05, 3.63) is 47.5 Å². The second-order valence-corrected chi connectivity index (χ2v) is 8.66. The van der Waals surface area contributed by atoms with Gasteiger partial charge in [0.2, 0.25) is 10.0 Å². The molecule has 134 valence electrons. The van der Waals surface area contributed by atoms with Gasteiger partial charge in [0.25, 0.3) is 0 Å². The number of morpholine rings is 1. The minimum atomic E-state index is -3.67. The summed E-state index contributed by atoms with van der Waals surface area (Å²) in [5, 5.41) is 0.201. The van der Waals surface area contributed by atoms with Crippen LogP contribution in [0.1, 0.15) is 13.8 Å². The molecule has 0 aliphatic carbocycles. The van der Waals surface area contributed by atoms with Gasteiger partial charge in [0.1, 0.15) is 4.90 Å². The van der Waals surface area contributed by atoms with Gasteiger partial charge < -0.3 is 10.5 Å². The molecule has 0 radical (unpaired) electrons. The van der Waals surface area contributed by atoms with Crippen LogP contribution in [-0.2, 0) is 14.8 Å². The second kappa shape index (κ2) is 6.96. The van der Waals surface area contributed by atoms with Crippen LogP contribution in [0.3, 0.4) is 0 Å². The maximum Gasteiger partial charge on any atom is 0.244 e. The third-order valence-corrected chi connectivity index (χ3v) is 6.47. The minimum Gasteiger partial charge on any atom is -0.399 e. The Kier molecular flexibility index (Phi) is 5.06. The Balaban J connectivity index is 1.95. The smallest absolute Gasteiger partial charge is 0.244 e. The average molecular weight is 381 g/mol. The van der Waals surface area contributed by atoms with Gasteiger partial charge in [-0.3, -0.25) is 0 Å². The summed E-state index contributed by atoms with van der Waals surface area (Å²) in [6, 6.07) is 12.3. The molecule has 5 nitrogen and oxygen atoms in total. The summed E-state index contributed by atoms with van der Waals surface area (Å²) in [5.41, 5.74) is 8.16. The number of nitrogens with zero attached hydrogens (tertiary/aromatic N) is 1. The van der Waals surface area contributed by atoms with E-state index in [1.54, 1.807) is 24.3 Å². The molecule has 1 fully saturated rings. The highest BCUT2D eigenvalue weighted by molar-refractivity contribution is 7.89. The van der Waals surface area contributed by atoms with Crippen molar-refractivity contribution in [3.63, 3.8) is 0 Å². The predicted molar refractivity (Wildman–Crippen MR) is 100 cm³/mol. The molecule has 25 heavy (non-hydrogen) atoms. The van der Waals surface area contributed by atoms with Crippen LogP contribution in [0.5, 0.6) is 0 Å². The van der Waals surface area contributed by atoms with Crippen LogP contribution in [-0.4, -0.2) is 38.0 Å². The van der Waals surface area contributed by atoms with E-state index in [9.17, 15) is 8.42 Å². The van der Waals surface area contributed by atoms with E-state index in [1.165, 1.54) is 4.31 Å². The monoisotopic (exact) mass is 380 g/mol. The first-order valence-corrected chi connectivity index (χ1v) is 9.90. The zero-order chi connectivity index (χ0) is 18.2. The Morgan fingerprint density at radius 3 is 2.32 bits per heavy atom. The molecular formula is C18H21ClN2O3S. The van der Waals surface area contributed by atoms with E-state index in [4.69, 9.17) is 22.1 Å². The summed E-state index contributed by atoms with van der Waals surface area (Å²) in [6.45, 7) is 4.37. The Labute approximate surface area is 153 Å². The Morgan fingerprint density at radius 2 is 1.72 bits per heavy atom. The van der Waals surface area contributed by atoms with Gasteiger partial charge in [-0.15, -0.1) is 0 Å². The van der Waals surface area contributed by atoms with Crippen LogP contribution >= 0.6 is 11.6 Å². The summed E-state index contributed by atoms with van der Waals surface area (Å²) < 4.78 is 33.0. The molecule has 7 heteroatoms. The molecule has 2 atom stereocenters. The van der Waals surface area contributed by atoms with E-state index in [1.807, 2.05) is 32.0 Å². The van der Waals surface area contributed by atoms with Crippen molar-refractivity contribution in [3.8, 4) is 11.1 Å². The maximum atomic E-state index is 13.0. The fourth-order valence-corrected chi connectivity index (χ4v) is 5.18. The summed E-state index contributed by atoms with van der Waals surface area (Å²) in [7, 11) is -3.67. The van der Waals surface area contributed by atoms with Crippen molar-refractivity contribution in [1.29, 1.82) is 0 Å². The van der Waals surface area contributed by atoms with Gasteiger partial charge in [-0.25, -0.2) is 8.42 Å². The minimum absolute atomic E-state index is 0.114. The van der Waals surface area contributed by atoms with Gasteiger partial charge in [-0.1, -0.05) is 29.8 Å². The molecule has 2 aromatic carbocycles. The van der Waals surface area contributed by atoms with Gasteiger partial charge in [0.05, 0.1) is 17.2 Å². The number of anilines is 1. The van der Waals surface area contributed by atoms with Crippen molar-refractivity contribution in [1.82, 2.24) is 4.31 Å². The van der Waals surface area contributed by atoms with Crippen molar-refractivity contribution in [2.75, 3.05) is 18.8 Å². The van der Waals surface area contributed by atoms with Gasteiger partial charge in [0, 0.05) is 18.8 Å². The van der Waals surface area contributed by atoms with Gasteiger partial charge in [-0.2, -0.15) is 4.31 Å². The van der Waals surface area contributed by atoms with E-state index in [0.29, 0.717) is 18.8 Å². The third kappa shape index (κ3) is 3.82. The standard InChI is InChI=1S/C18H21ClN2O3S/c1-12-10-21(11-13(2)24-12)25(22,23)18-7-6-15(9-17(18)19)14-4-3-5-16(20)8-14/h3-9,12-13H,10-11,20H2,1-2H3/t12-,13+. The van der Waals surface area contributed by atoms with Crippen LogP contribution in [0.4, 0.5) is 5.69 Å². The number of hydrogen-bond acceptors (Lipinski definition) is 4. The number of benzene rings is 2. The van der Waals surface area contributed by atoms with Crippen LogP contribution in [0.15, 0.2) is 47.4 Å². The molecule has 0 amide bonds. The fraction of sp³-hybridized carbons (Fsp3) is 0.333. The summed E-state index contributed by atoms with van der Waals surface area (Å²) in [5.74, 6) is 0.